The van der Waals surface area contributed by atoms with Gasteiger partial charge < -0.3 is 10.6 Å². The fraction of sp³-hybridized carbons (Fsp3) is 0.500. The maximum absolute atomic E-state index is 11.9. The first-order valence-corrected chi connectivity index (χ1v) is 7.91. The summed E-state index contributed by atoms with van der Waals surface area (Å²) in [6.07, 6.45) is 2.03. The van der Waals surface area contributed by atoms with Crippen LogP contribution in [0.3, 0.4) is 0 Å². The highest BCUT2D eigenvalue weighted by Gasteiger charge is 2.19. The molecule has 1 saturated heterocycles. The lowest BCUT2D eigenvalue weighted by molar-refractivity contribution is -0.119. The molecule has 1 aromatic carbocycles. The molecule has 0 radical (unpaired) electrons. The molecule has 112 valence electrons. The summed E-state index contributed by atoms with van der Waals surface area (Å²) < 4.78 is 0. The molecule has 2 atom stereocenters. The van der Waals surface area contributed by atoms with Gasteiger partial charge in [-0.25, -0.2) is 0 Å². The minimum absolute atomic E-state index is 0. The van der Waals surface area contributed by atoms with E-state index in [1.807, 2.05) is 24.3 Å². The van der Waals surface area contributed by atoms with Crippen LogP contribution >= 0.6 is 35.8 Å². The summed E-state index contributed by atoms with van der Waals surface area (Å²) in [7, 11) is 0. The Kier molecular flexibility index (Phi) is 7.74. The molecule has 0 spiro atoms. The third kappa shape index (κ3) is 5.92. The van der Waals surface area contributed by atoms with Gasteiger partial charge in [0.25, 0.3) is 0 Å². The summed E-state index contributed by atoms with van der Waals surface area (Å²) in [4.78, 5) is 12.9. The third-order valence-corrected chi connectivity index (χ3v) is 4.44. The van der Waals surface area contributed by atoms with Crippen LogP contribution in [0.25, 0.3) is 0 Å². The molecule has 1 fully saturated rings. The van der Waals surface area contributed by atoms with Crippen LogP contribution in [-0.4, -0.2) is 30.3 Å². The lowest BCUT2D eigenvalue weighted by atomic mass is 10.0. The Balaban J connectivity index is 0.00000200. The quantitative estimate of drug-likeness (QED) is 0.831. The highest BCUT2D eigenvalue weighted by molar-refractivity contribution is 8.00. The van der Waals surface area contributed by atoms with E-state index in [0.717, 1.165) is 29.3 Å². The molecule has 0 saturated carbocycles. The van der Waals surface area contributed by atoms with E-state index in [4.69, 9.17) is 11.6 Å². The molecule has 2 rings (SSSR count). The molecular weight excluding hydrogens is 315 g/mol. The number of benzene rings is 1. The van der Waals surface area contributed by atoms with Gasteiger partial charge in [-0.2, -0.15) is 0 Å². The molecule has 1 aromatic rings. The second-order valence-electron chi connectivity index (χ2n) is 4.89. The van der Waals surface area contributed by atoms with Crippen molar-refractivity contribution < 1.29 is 4.79 Å². The number of rotatable bonds is 4. The molecule has 0 bridgehead atoms. The van der Waals surface area contributed by atoms with Crippen LogP contribution in [0.2, 0.25) is 5.02 Å². The fourth-order valence-corrected chi connectivity index (χ4v) is 3.05. The summed E-state index contributed by atoms with van der Waals surface area (Å²) >= 11 is 7.36. The maximum atomic E-state index is 11.9. The summed E-state index contributed by atoms with van der Waals surface area (Å²) in [6, 6.07) is 8.37. The van der Waals surface area contributed by atoms with Crippen molar-refractivity contribution in [2.45, 2.75) is 36.7 Å². The first kappa shape index (κ1) is 17.6. The second-order valence-corrected chi connectivity index (χ2v) is 6.37. The standard InChI is InChI=1S/C14H19ClN2OS.ClH/c1-10-8-12(6-7-16-10)17-14(18)9-19-13-4-2-11(15)3-5-13;/h2-5,10,12,16H,6-9H2,1H3,(H,17,18);1H. The zero-order chi connectivity index (χ0) is 13.7. The molecule has 6 heteroatoms. The molecule has 1 amide bonds. The van der Waals surface area contributed by atoms with Crippen LogP contribution in [0.1, 0.15) is 19.8 Å². The number of nitrogens with one attached hydrogen (secondary N) is 2. The predicted octanol–water partition coefficient (Wildman–Crippen LogP) is 3.11. The number of amides is 1. The minimum atomic E-state index is 0. The Morgan fingerprint density at radius 1 is 1.45 bits per heavy atom. The molecule has 3 nitrogen and oxygen atoms in total. The van der Waals surface area contributed by atoms with E-state index in [2.05, 4.69) is 17.6 Å². The minimum Gasteiger partial charge on any atom is -0.353 e. The Labute approximate surface area is 135 Å². The van der Waals surface area contributed by atoms with Crippen LogP contribution in [0, 0.1) is 0 Å². The molecule has 2 N–H and O–H groups in total. The van der Waals surface area contributed by atoms with Crippen molar-refractivity contribution in [3.8, 4) is 0 Å². The largest absolute Gasteiger partial charge is 0.353 e. The number of thioether (sulfide) groups is 1. The summed E-state index contributed by atoms with van der Waals surface area (Å²) in [5.41, 5.74) is 0. The summed E-state index contributed by atoms with van der Waals surface area (Å²) in [6.45, 7) is 3.14. The zero-order valence-corrected chi connectivity index (χ0v) is 13.8. The molecule has 0 aliphatic carbocycles. The fourth-order valence-electron chi connectivity index (χ4n) is 2.21. The summed E-state index contributed by atoms with van der Waals surface area (Å²) in [5, 5.41) is 7.20. The number of piperidine rings is 1. The SMILES string of the molecule is CC1CC(NC(=O)CSc2ccc(Cl)cc2)CCN1.Cl. The van der Waals surface area contributed by atoms with Gasteiger partial charge >= 0.3 is 0 Å². The number of hydrogen-bond acceptors (Lipinski definition) is 3. The lowest BCUT2D eigenvalue weighted by Crippen LogP contribution is -2.47. The van der Waals surface area contributed by atoms with Crippen molar-refractivity contribution in [1.29, 1.82) is 0 Å². The van der Waals surface area contributed by atoms with Crippen LogP contribution < -0.4 is 10.6 Å². The van der Waals surface area contributed by atoms with Crippen molar-refractivity contribution in [3.05, 3.63) is 29.3 Å². The molecular formula is C14H20Cl2N2OS. The van der Waals surface area contributed by atoms with Gasteiger partial charge in [-0.05, 0) is 50.6 Å². The molecule has 2 unspecified atom stereocenters. The van der Waals surface area contributed by atoms with Gasteiger partial charge in [0.1, 0.15) is 0 Å². The lowest BCUT2D eigenvalue weighted by Gasteiger charge is -2.28. The zero-order valence-electron chi connectivity index (χ0n) is 11.4. The van der Waals surface area contributed by atoms with Crippen LogP contribution in [-0.2, 0) is 4.79 Å². The van der Waals surface area contributed by atoms with Crippen molar-refractivity contribution in [3.63, 3.8) is 0 Å². The van der Waals surface area contributed by atoms with Crippen molar-refractivity contribution in [2.24, 2.45) is 0 Å². The smallest absolute Gasteiger partial charge is 0.230 e. The first-order chi connectivity index (χ1) is 9.13. The van der Waals surface area contributed by atoms with E-state index < -0.39 is 0 Å². The van der Waals surface area contributed by atoms with E-state index in [0.29, 0.717) is 17.8 Å². The Hall–Kier alpha value is -0.420. The molecule has 0 aromatic heterocycles. The molecule has 1 aliphatic rings. The second kappa shape index (κ2) is 8.78. The van der Waals surface area contributed by atoms with E-state index in [1.54, 1.807) is 11.8 Å². The van der Waals surface area contributed by atoms with Gasteiger partial charge in [-0.3, -0.25) is 4.79 Å². The number of carbonyl (C=O) groups excluding carboxylic acids is 1. The van der Waals surface area contributed by atoms with E-state index in [-0.39, 0.29) is 18.3 Å². The van der Waals surface area contributed by atoms with Gasteiger partial charge in [0.2, 0.25) is 5.91 Å². The highest BCUT2D eigenvalue weighted by Crippen LogP contribution is 2.20. The average molecular weight is 335 g/mol. The number of hydrogen-bond donors (Lipinski definition) is 2. The van der Waals surface area contributed by atoms with Crippen LogP contribution in [0.5, 0.6) is 0 Å². The molecule has 1 heterocycles. The third-order valence-electron chi connectivity index (χ3n) is 3.17. The Bertz CT molecular complexity index is 428. The van der Waals surface area contributed by atoms with Gasteiger partial charge in [0.15, 0.2) is 0 Å². The number of halogens is 2. The van der Waals surface area contributed by atoms with E-state index in [9.17, 15) is 4.79 Å². The highest BCUT2D eigenvalue weighted by atomic mass is 35.5. The number of carbonyl (C=O) groups is 1. The van der Waals surface area contributed by atoms with Gasteiger partial charge in [-0.15, -0.1) is 24.2 Å². The van der Waals surface area contributed by atoms with Crippen molar-refractivity contribution in [2.75, 3.05) is 12.3 Å². The molecule has 1 aliphatic heterocycles. The van der Waals surface area contributed by atoms with E-state index in [1.165, 1.54) is 0 Å². The predicted molar refractivity (Wildman–Crippen MR) is 88.1 cm³/mol. The topological polar surface area (TPSA) is 41.1 Å². The Morgan fingerprint density at radius 2 is 2.15 bits per heavy atom. The van der Waals surface area contributed by atoms with Crippen molar-refractivity contribution in [1.82, 2.24) is 10.6 Å². The average Bonchev–Trinajstić information content (AvgIpc) is 2.38. The van der Waals surface area contributed by atoms with Gasteiger partial charge in [0.05, 0.1) is 5.75 Å². The first-order valence-electron chi connectivity index (χ1n) is 6.54. The Morgan fingerprint density at radius 3 is 2.80 bits per heavy atom. The van der Waals surface area contributed by atoms with E-state index >= 15 is 0 Å². The van der Waals surface area contributed by atoms with Crippen molar-refractivity contribution >= 4 is 41.7 Å². The van der Waals surface area contributed by atoms with Crippen LogP contribution in [0.15, 0.2) is 29.2 Å². The maximum Gasteiger partial charge on any atom is 0.230 e. The molecule has 20 heavy (non-hydrogen) atoms. The van der Waals surface area contributed by atoms with Crippen LogP contribution in [0.4, 0.5) is 0 Å². The van der Waals surface area contributed by atoms with Gasteiger partial charge in [0, 0.05) is 22.0 Å². The van der Waals surface area contributed by atoms with Gasteiger partial charge in [-0.1, -0.05) is 11.6 Å². The monoisotopic (exact) mass is 334 g/mol. The summed E-state index contributed by atoms with van der Waals surface area (Å²) in [5.74, 6) is 0.569. The normalized spacial score (nSPS) is 21.9.